The van der Waals surface area contributed by atoms with Crippen molar-refractivity contribution < 1.29 is 4.43 Å². The van der Waals surface area contributed by atoms with Crippen molar-refractivity contribution in [3.05, 3.63) is 103 Å². The smallest absolute Gasteiger partial charge is 0.261 e. The molecule has 0 saturated heterocycles. The molecule has 10 nitrogen and oxygen atoms in total. The van der Waals surface area contributed by atoms with E-state index in [1.54, 1.807) is 10.8 Å². The molecule has 47 heavy (non-hydrogen) atoms. The highest BCUT2D eigenvalue weighted by Crippen LogP contribution is 2.41. The van der Waals surface area contributed by atoms with Gasteiger partial charge in [0.15, 0.2) is 11.3 Å². The maximum atomic E-state index is 7.52. The second-order valence-electron chi connectivity index (χ2n) is 13.6. The summed E-state index contributed by atoms with van der Waals surface area (Å²) in [7, 11) is -2.63. The lowest BCUT2D eigenvalue weighted by Crippen LogP contribution is -2.67. The molecule has 11 heteroatoms. The van der Waals surface area contributed by atoms with Crippen LogP contribution in [0, 0.1) is 6.92 Å². The van der Waals surface area contributed by atoms with E-state index in [9.17, 15) is 0 Å². The van der Waals surface area contributed by atoms with Gasteiger partial charge in [0.05, 0.1) is 18.1 Å². The summed E-state index contributed by atoms with van der Waals surface area (Å²) in [6.45, 7) is 9.09. The van der Waals surface area contributed by atoms with Crippen LogP contribution in [0.4, 0.5) is 11.6 Å². The van der Waals surface area contributed by atoms with Crippen LogP contribution in [0.3, 0.4) is 0 Å². The van der Waals surface area contributed by atoms with Gasteiger partial charge in [-0.3, -0.25) is 8.97 Å². The molecule has 1 aliphatic carbocycles. The SMILES string of the molecule is Cc1cc2ncnn2cc1Nc1ncc2c(n1)n([C@H]1CC[C@H](O[Si](c3ccccc3)(c3ccccc3)C(C)(C)C)CC1)c1nccn21. The van der Waals surface area contributed by atoms with Crippen LogP contribution in [0.1, 0.15) is 58.1 Å². The van der Waals surface area contributed by atoms with E-state index < -0.39 is 8.32 Å². The summed E-state index contributed by atoms with van der Waals surface area (Å²) in [5.74, 6) is 1.42. The van der Waals surface area contributed by atoms with Gasteiger partial charge in [0.2, 0.25) is 11.7 Å². The van der Waals surface area contributed by atoms with Crippen molar-refractivity contribution in [1.82, 2.24) is 38.5 Å². The van der Waals surface area contributed by atoms with Gasteiger partial charge < -0.3 is 9.74 Å². The molecule has 1 aliphatic rings. The minimum absolute atomic E-state index is 0.0532. The van der Waals surface area contributed by atoms with Crippen molar-refractivity contribution >= 4 is 52.9 Å². The third-order valence-corrected chi connectivity index (χ3v) is 14.8. The molecule has 0 amide bonds. The third-order valence-electron chi connectivity index (χ3n) is 9.71. The van der Waals surface area contributed by atoms with Crippen molar-refractivity contribution in [2.24, 2.45) is 0 Å². The summed E-state index contributed by atoms with van der Waals surface area (Å²) in [4.78, 5) is 18.8. The zero-order valence-corrected chi connectivity index (χ0v) is 28.2. The van der Waals surface area contributed by atoms with Crippen LogP contribution in [0.15, 0.2) is 97.8 Å². The van der Waals surface area contributed by atoms with Crippen molar-refractivity contribution in [2.45, 2.75) is 70.6 Å². The first-order valence-electron chi connectivity index (χ1n) is 16.4. The molecule has 5 heterocycles. The standard InChI is InChI=1S/C36H39N9OSi/c1-25-21-32-39-24-40-44(32)23-30(25)41-34-38-22-31-33(42-34)45(35-37-19-20-43(31)35)26-15-17-27(18-16-26)46-47(36(2,3)4,28-11-7-5-8-12-28)29-13-9-6-10-14-29/h5-14,19-24,26-27H,15-18H2,1-4H3,(H,38,41,42)/t26-,27-. The highest BCUT2D eigenvalue weighted by atomic mass is 28.4. The van der Waals surface area contributed by atoms with E-state index in [-0.39, 0.29) is 17.2 Å². The Morgan fingerprint density at radius 3 is 2.28 bits per heavy atom. The van der Waals surface area contributed by atoms with E-state index in [1.807, 2.05) is 37.8 Å². The molecule has 0 radical (unpaired) electrons. The average molecular weight is 642 g/mol. The van der Waals surface area contributed by atoms with Gasteiger partial charge in [-0.05, 0) is 59.6 Å². The van der Waals surface area contributed by atoms with Crippen LogP contribution < -0.4 is 15.7 Å². The van der Waals surface area contributed by atoms with Crippen LogP contribution in [0.5, 0.6) is 0 Å². The van der Waals surface area contributed by atoms with Crippen LogP contribution >= 0.6 is 0 Å². The molecule has 1 fully saturated rings. The van der Waals surface area contributed by atoms with E-state index in [4.69, 9.17) is 14.4 Å². The van der Waals surface area contributed by atoms with Crippen LogP contribution in [0.25, 0.3) is 22.6 Å². The number of imidazole rings is 2. The number of hydrogen-bond donors (Lipinski definition) is 1. The van der Waals surface area contributed by atoms with Gasteiger partial charge >= 0.3 is 0 Å². The molecule has 7 aromatic rings. The van der Waals surface area contributed by atoms with E-state index >= 15 is 0 Å². The number of nitrogens with one attached hydrogen (secondary N) is 1. The van der Waals surface area contributed by atoms with Gasteiger partial charge in [0.25, 0.3) is 8.32 Å². The molecule has 0 aliphatic heterocycles. The zero-order chi connectivity index (χ0) is 32.2. The number of fused-ring (bicyclic) bond motifs is 4. The summed E-state index contributed by atoms with van der Waals surface area (Å²) in [6.07, 6.45) is 13.3. The lowest BCUT2D eigenvalue weighted by Gasteiger charge is -2.46. The molecule has 2 aromatic carbocycles. The number of hydrogen-bond acceptors (Lipinski definition) is 7. The lowest BCUT2D eigenvalue weighted by molar-refractivity contribution is 0.124. The fourth-order valence-corrected chi connectivity index (χ4v) is 12.2. The van der Waals surface area contributed by atoms with Gasteiger partial charge in [-0.1, -0.05) is 81.4 Å². The molecule has 8 rings (SSSR count). The minimum Gasteiger partial charge on any atom is -0.404 e. The number of nitrogens with zero attached hydrogens (tertiary/aromatic N) is 8. The summed E-state index contributed by atoms with van der Waals surface area (Å²) in [5.41, 5.74) is 4.54. The molecule has 1 N–H and O–H groups in total. The largest absolute Gasteiger partial charge is 0.404 e. The van der Waals surface area contributed by atoms with Crippen LogP contribution in [-0.4, -0.2) is 52.9 Å². The minimum atomic E-state index is -2.63. The van der Waals surface area contributed by atoms with E-state index in [0.29, 0.717) is 5.95 Å². The van der Waals surface area contributed by atoms with Crippen molar-refractivity contribution in [3.63, 3.8) is 0 Å². The molecule has 0 spiro atoms. The van der Waals surface area contributed by atoms with E-state index in [1.165, 1.54) is 10.4 Å². The monoisotopic (exact) mass is 641 g/mol. The quantitative estimate of drug-likeness (QED) is 0.206. The Morgan fingerprint density at radius 1 is 0.894 bits per heavy atom. The number of anilines is 2. The molecule has 0 bridgehead atoms. The Bertz CT molecular complexity index is 2140. The third kappa shape index (κ3) is 5.01. The molecule has 238 valence electrons. The number of aromatic nitrogens is 8. The summed E-state index contributed by atoms with van der Waals surface area (Å²) in [5, 5.41) is 10.3. The van der Waals surface area contributed by atoms with E-state index in [2.05, 4.69) is 111 Å². The second kappa shape index (κ2) is 11.4. The lowest BCUT2D eigenvalue weighted by atomic mass is 9.93. The van der Waals surface area contributed by atoms with Gasteiger partial charge in [0.1, 0.15) is 11.8 Å². The zero-order valence-electron chi connectivity index (χ0n) is 27.2. The van der Waals surface area contributed by atoms with Gasteiger partial charge in [-0.15, -0.1) is 0 Å². The highest BCUT2D eigenvalue weighted by molar-refractivity contribution is 6.99. The number of benzene rings is 2. The van der Waals surface area contributed by atoms with Crippen LogP contribution in [0.2, 0.25) is 5.04 Å². The Hall–Kier alpha value is -4.87. The fourth-order valence-electron chi connectivity index (χ4n) is 7.44. The Balaban J connectivity index is 1.10. The van der Waals surface area contributed by atoms with Crippen molar-refractivity contribution in [2.75, 3.05) is 5.32 Å². The first kappa shape index (κ1) is 29.5. The van der Waals surface area contributed by atoms with Gasteiger partial charge in [0, 0.05) is 24.5 Å². The first-order chi connectivity index (χ1) is 22.8. The second-order valence-corrected chi connectivity index (χ2v) is 17.9. The molecule has 0 atom stereocenters. The van der Waals surface area contributed by atoms with Gasteiger partial charge in [-0.25, -0.2) is 19.5 Å². The predicted octanol–water partition coefficient (Wildman–Crippen LogP) is 6.23. The Labute approximate surface area is 274 Å². The number of pyridine rings is 1. The molecule has 0 unspecified atom stereocenters. The summed E-state index contributed by atoms with van der Waals surface area (Å²) in [6, 6.07) is 24.1. The summed E-state index contributed by atoms with van der Waals surface area (Å²) < 4.78 is 13.7. The highest BCUT2D eigenvalue weighted by Gasteiger charge is 2.51. The first-order valence-corrected chi connectivity index (χ1v) is 18.3. The normalized spacial score (nSPS) is 17.5. The molecular formula is C36H39N9OSi. The maximum absolute atomic E-state index is 7.52. The topological polar surface area (TPSA) is 99.5 Å². The predicted molar refractivity (Wildman–Crippen MR) is 187 cm³/mol. The Kier molecular flexibility index (Phi) is 7.18. The maximum Gasteiger partial charge on any atom is 0.261 e. The average Bonchev–Trinajstić information content (AvgIpc) is 3.81. The molecule has 5 aromatic heterocycles. The molecule has 1 saturated carbocycles. The van der Waals surface area contributed by atoms with Crippen molar-refractivity contribution in [1.29, 1.82) is 0 Å². The number of rotatable bonds is 7. The summed E-state index contributed by atoms with van der Waals surface area (Å²) >= 11 is 0. The van der Waals surface area contributed by atoms with Crippen molar-refractivity contribution in [3.8, 4) is 0 Å². The Morgan fingerprint density at radius 2 is 1.60 bits per heavy atom. The number of aryl methyl sites for hydroxylation is 1. The van der Waals surface area contributed by atoms with Gasteiger partial charge in [-0.2, -0.15) is 10.1 Å². The molecular weight excluding hydrogens is 603 g/mol. The van der Waals surface area contributed by atoms with Crippen LogP contribution in [-0.2, 0) is 4.43 Å². The van der Waals surface area contributed by atoms with E-state index in [0.717, 1.165) is 59.5 Å². The fraction of sp³-hybridized carbons (Fsp3) is 0.306.